The molecule has 0 amide bonds. The van der Waals surface area contributed by atoms with E-state index >= 15 is 0 Å². The van der Waals surface area contributed by atoms with Crippen LogP contribution >= 0.6 is 0 Å². The van der Waals surface area contributed by atoms with Crippen LogP contribution in [0, 0.1) is 24.0 Å². The first-order valence-corrected chi connectivity index (χ1v) is 10.3. The van der Waals surface area contributed by atoms with E-state index in [0.717, 1.165) is 16.7 Å². The minimum Gasteiger partial charge on any atom is -0.493 e. The highest BCUT2D eigenvalue weighted by Gasteiger charge is 2.30. The number of Topliss-reactive ketones (excluding diaryl/α,β-unsaturated/α-hetero) is 1. The fourth-order valence-electron chi connectivity index (χ4n) is 3.93. The number of nitro benzene ring substituents is 1. The van der Waals surface area contributed by atoms with Gasteiger partial charge < -0.3 is 14.8 Å². The second-order valence-corrected chi connectivity index (χ2v) is 7.92. The van der Waals surface area contributed by atoms with Crippen LogP contribution in [0.3, 0.4) is 0 Å². The summed E-state index contributed by atoms with van der Waals surface area (Å²) in [6.45, 7) is 4.13. The number of benzene rings is 3. The summed E-state index contributed by atoms with van der Waals surface area (Å²) in [5.74, 6) is 0.318. The van der Waals surface area contributed by atoms with Crippen LogP contribution < -0.4 is 14.8 Å². The summed E-state index contributed by atoms with van der Waals surface area (Å²) < 4.78 is 11.4. The van der Waals surface area contributed by atoms with Crippen LogP contribution in [0.5, 0.6) is 11.5 Å². The summed E-state index contributed by atoms with van der Waals surface area (Å²) in [5.41, 5.74) is 4.80. The molecule has 0 spiro atoms. The molecule has 0 fully saturated rings. The number of ketones is 1. The number of carbonyl (C=O) groups excluding carboxylic acids is 1. The van der Waals surface area contributed by atoms with Crippen molar-refractivity contribution in [3.8, 4) is 11.5 Å². The quantitative estimate of drug-likeness (QED) is 0.406. The van der Waals surface area contributed by atoms with Crippen LogP contribution in [0.2, 0.25) is 0 Å². The van der Waals surface area contributed by atoms with E-state index in [1.807, 2.05) is 50.2 Å². The van der Waals surface area contributed by atoms with Crippen molar-refractivity contribution in [3.63, 3.8) is 0 Å². The molecule has 3 aromatic carbocycles. The number of hydrogen-bond acceptors (Lipinski definition) is 6. The highest BCUT2D eigenvalue weighted by atomic mass is 16.6. The minimum atomic E-state index is -0.483. The molecule has 1 heterocycles. The first-order valence-electron chi connectivity index (χ1n) is 10.3. The molecule has 1 aliphatic heterocycles. The fraction of sp³-hybridized carbons (Fsp3) is 0.240. The Bertz CT molecular complexity index is 1200. The zero-order valence-electron chi connectivity index (χ0n) is 18.2. The van der Waals surface area contributed by atoms with Crippen LogP contribution in [0.1, 0.15) is 45.1 Å². The number of aryl methyl sites for hydroxylation is 2. The highest BCUT2D eigenvalue weighted by molar-refractivity contribution is 6.03. The van der Waals surface area contributed by atoms with Crippen molar-refractivity contribution in [1.29, 1.82) is 0 Å². The zero-order valence-corrected chi connectivity index (χ0v) is 18.2. The van der Waals surface area contributed by atoms with Crippen molar-refractivity contribution in [2.75, 3.05) is 12.4 Å². The maximum absolute atomic E-state index is 12.6. The van der Waals surface area contributed by atoms with Crippen LogP contribution in [-0.2, 0) is 6.61 Å². The number of nitrogens with zero attached hydrogens (tertiary/aromatic N) is 1. The lowest BCUT2D eigenvalue weighted by molar-refractivity contribution is -0.386. The number of ether oxygens (including phenoxy) is 2. The van der Waals surface area contributed by atoms with Gasteiger partial charge in [0.25, 0.3) is 0 Å². The van der Waals surface area contributed by atoms with E-state index in [0.29, 0.717) is 16.8 Å². The number of methoxy groups -OCH3 is 1. The number of hydrogen-bond donors (Lipinski definition) is 1. The Morgan fingerprint density at radius 1 is 1.12 bits per heavy atom. The first kappa shape index (κ1) is 21.4. The summed E-state index contributed by atoms with van der Waals surface area (Å²) in [6.07, 6.45) is 0.194. The van der Waals surface area contributed by atoms with Crippen molar-refractivity contribution in [2.45, 2.75) is 32.9 Å². The van der Waals surface area contributed by atoms with Crippen LogP contribution in [-0.4, -0.2) is 17.8 Å². The van der Waals surface area contributed by atoms with Gasteiger partial charge in [-0.1, -0.05) is 35.9 Å². The summed E-state index contributed by atoms with van der Waals surface area (Å²) in [4.78, 5) is 24.0. The van der Waals surface area contributed by atoms with Crippen molar-refractivity contribution < 1.29 is 19.2 Å². The van der Waals surface area contributed by atoms with Crippen molar-refractivity contribution in [2.24, 2.45) is 0 Å². The van der Waals surface area contributed by atoms with Gasteiger partial charge in [0.15, 0.2) is 11.5 Å². The van der Waals surface area contributed by atoms with Gasteiger partial charge in [-0.05, 0) is 48.7 Å². The molecule has 0 aliphatic carbocycles. The van der Waals surface area contributed by atoms with E-state index in [2.05, 4.69) is 5.32 Å². The molecule has 0 bridgehead atoms. The maximum atomic E-state index is 12.6. The van der Waals surface area contributed by atoms with Gasteiger partial charge in [-0.3, -0.25) is 14.9 Å². The Balaban J connectivity index is 1.68. The second-order valence-electron chi connectivity index (χ2n) is 7.92. The number of nitrogens with one attached hydrogen (secondary N) is 1. The lowest BCUT2D eigenvalue weighted by Crippen LogP contribution is -2.23. The van der Waals surface area contributed by atoms with Gasteiger partial charge in [0, 0.05) is 23.7 Å². The Morgan fingerprint density at radius 2 is 1.91 bits per heavy atom. The predicted octanol–water partition coefficient (Wildman–Crippen LogP) is 5.54. The van der Waals surface area contributed by atoms with E-state index in [1.165, 1.54) is 13.2 Å². The molecule has 1 N–H and O–H groups in total. The van der Waals surface area contributed by atoms with Gasteiger partial charge in [-0.2, -0.15) is 0 Å². The normalized spacial score (nSPS) is 15.0. The molecule has 3 aromatic rings. The van der Waals surface area contributed by atoms with E-state index in [1.54, 1.807) is 12.1 Å². The van der Waals surface area contributed by atoms with Gasteiger partial charge in [-0.15, -0.1) is 0 Å². The summed E-state index contributed by atoms with van der Waals surface area (Å²) >= 11 is 0. The standard InChI is InChI=1S/C25H24N2O5/c1-15-8-9-16(2)18(10-15)14-32-25-22(27(29)30)11-17(12-24(25)31-3)21-13-23(28)19-6-4-5-7-20(19)26-21/h4-12,21,26H,13-14H2,1-3H3. The SMILES string of the molecule is COc1cc(C2CC(=O)c3ccccc3N2)cc([N+](=O)[O-])c1OCc1cc(C)ccc1C. The smallest absolute Gasteiger partial charge is 0.315 e. The number of anilines is 1. The predicted molar refractivity (Wildman–Crippen MR) is 122 cm³/mol. The molecule has 0 aromatic heterocycles. The Kier molecular flexibility index (Phi) is 5.81. The van der Waals surface area contributed by atoms with Gasteiger partial charge in [0.1, 0.15) is 6.61 Å². The second kappa shape index (κ2) is 8.70. The van der Waals surface area contributed by atoms with Gasteiger partial charge in [-0.25, -0.2) is 0 Å². The molecule has 7 heteroatoms. The van der Waals surface area contributed by atoms with Crippen LogP contribution in [0.4, 0.5) is 11.4 Å². The maximum Gasteiger partial charge on any atom is 0.315 e. The van der Waals surface area contributed by atoms with Gasteiger partial charge >= 0.3 is 5.69 Å². The molecule has 32 heavy (non-hydrogen) atoms. The molecule has 1 aliphatic rings. The summed E-state index contributed by atoms with van der Waals surface area (Å²) in [6, 6.07) is 16.0. The van der Waals surface area contributed by atoms with Crippen molar-refractivity contribution >= 4 is 17.2 Å². The number of rotatable bonds is 6. The third-order valence-corrected chi connectivity index (χ3v) is 5.70. The van der Waals surface area contributed by atoms with Crippen molar-refractivity contribution in [3.05, 3.63) is 92.5 Å². The number of nitro groups is 1. The van der Waals surface area contributed by atoms with Gasteiger partial charge in [0.2, 0.25) is 5.75 Å². The highest BCUT2D eigenvalue weighted by Crippen LogP contribution is 2.42. The Labute approximate surface area is 186 Å². The Morgan fingerprint density at radius 3 is 2.66 bits per heavy atom. The molecule has 0 radical (unpaired) electrons. The van der Waals surface area contributed by atoms with Gasteiger partial charge in [0.05, 0.1) is 18.1 Å². The average Bonchev–Trinajstić information content (AvgIpc) is 2.79. The minimum absolute atomic E-state index is 0.0128. The molecule has 1 unspecified atom stereocenters. The topological polar surface area (TPSA) is 90.7 Å². The third-order valence-electron chi connectivity index (χ3n) is 5.70. The lowest BCUT2D eigenvalue weighted by Gasteiger charge is -2.27. The van der Waals surface area contributed by atoms with E-state index < -0.39 is 11.0 Å². The molecular weight excluding hydrogens is 408 g/mol. The molecular formula is C25H24N2O5. The van der Waals surface area contributed by atoms with E-state index in [4.69, 9.17) is 9.47 Å². The van der Waals surface area contributed by atoms with Crippen molar-refractivity contribution in [1.82, 2.24) is 0 Å². The Hall–Kier alpha value is -3.87. The number of fused-ring (bicyclic) bond motifs is 1. The molecule has 164 valence electrons. The van der Waals surface area contributed by atoms with E-state index in [9.17, 15) is 14.9 Å². The zero-order chi connectivity index (χ0) is 22.8. The molecule has 0 saturated heterocycles. The van der Waals surface area contributed by atoms with Crippen LogP contribution in [0.15, 0.2) is 54.6 Å². The number of carbonyl (C=O) groups is 1. The number of para-hydroxylation sites is 1. The molecule has 1 atom stereocenters. The first-order chi connectivity index (χ1) is 15.4. The average molecular weight is 432 g/mol. The molecule has 7 nitrogen and oxygen atoms in total. The van der Waals surface area contributed by atoms with Crippen LogP contribution in [0.25, 0.3) is 0 Å². The summed E-state index contributed by atoms with van der Waals surface area (Å²) in [7, 11) is 1.45. The largest absolute Gasteiger partial charge is 0.493 e. The monoisotopic (exact) mass is 432 g/mol. The van der Waals surface area contributed by atoms with E-state index in [-0.39, 0.29) is 36.0 Å². The lowest BCUT2D eigenvalue weighted by atomic mass is 9.92. The third kappa shape index (κ3) is 4.14. The molecule has 4 rings (SSSR count). The summed E-state index contributed by atoms with van der Waals surface area (Å²) in [5, 5.41) is 15.2. The molecule has 0 saturated carbocycles. The fourth-order valence-corrected chi connectivity index (χ4v) is 3.93.